The van der Waals surface area contributed by atoms with Gasteiger partial charge in [-0.05, 0) is 32.1 Å². The van der Waals surface area contributed by atoms with Crippen LogP contribution in [0.15, 0.2) is 24.3 Å². The lowest BCUT2D eigenvalue weighted by atomic mass is 9.99. The van der Waals surface area contributed by atoms with Gasteiger partial charge in [-0.15, -0.1) is 0 Å². The van der Waals surface area contributed by atoms with E-state index in [1.807, 2.05) is 0 Å². The molecule has 13 nitrogen and oxygen atoms in total. The maximum absolute atomic E-state index is 13.2. The normalized spacial score (nSPS) is 20.5. The molecule has 0 saturated carbocycles. The van der Waals surface area contributed by atoms with Gasteiger partial charge < -0.3 is 40.3 Å². The monoisotopic (exact) mass is 976 g/mol. The summed E-state index contributed by atoms with van der Waals surface area (Å²) in [6.45, 7) is 3.24. The van der Waals surface area contributed by atoms with Crippen molar-refractivity contribution in [1.82, 2.24) is 5.32 Å². The van der Waals surface area contributed by atoms with Crippen LogP contribution in [0.3, 0.4) is 0 Å². The van der Waals surface area contributed by atoms with Crippen LogP contribution in [0.2, 0.25) is 0 Å². The van der Waals surface area contributed by atoms with E-state index in [0.717, 1.165) is 38.5 Å². The molecule has 0 bridgehead atoms. The van der Waals surface area contributed by atoms with Crippen LogP contribution in [0.1, 0.15) is 245 Å². The lowest BCUT2D eigenvalue weighted by molar-refractivity contribution is -0.298. The zero-order chi connectivity index (χ0) is 49.2. The highest BCUT2D eigenvalue weighted by Gasteiger charge is 2.48. The summed E-state index contributed by atoms with van der Waals surface area (Å²) in [6.07, 6.45) is 39.7. The van der Waals surface area contributed by atoms with Gasteiger partial charge in [0, 0.05) is 0 Å². The van der Waals surface area contributed by atoms with Gasteiger partial charge in [-0.3, -0.25) is 9.35 Å². The van der Waals surface area contributed by atoms with E-state index in [1.165, 1.54) is 179 Å². The third-order valence-corrected chi connectivity index (χ3v) is 13.6. The fourth-order valence-corrected chi connectivity index (χ4v) is 9.28. The highest BCUT2D eigenvalue weighted by molar-refractivity contribution is 7.80. The van der Waals surface area contributed by atoms with Gasteiger partial charge in [0.25, 0.3) is 0 Å². The molecule has 1 saturated heterocycles. The molecule has 0 aromatic rings. The number of carbonyl (C=O) groups excluding carboxylic acids is 1. The number of unbranched alkanes of at least 4 members (excludes halogenated alkanes) is 32. The quantitative estimate of drug-likeness (QED) is 0.0172. The molecule has 8 atom stereocenters. The average molecular weight is 976 g/mol. The molecule has 1 heterocycles. The van der Waals surface area contributed by atoms with Gasteiger partial charge in [0.2, 0.25) is 5.91 Å². The second kappa shape index (κ2) is 43.3. The Bertz CT molecular complexity index is 1300. The maximum Gasteiger partial charge on any atom is 0.397 e. The third-order valence-electron chi connectivity index (χ3n) is 13.1. The van der Waals surface area contributed by atoms with Gasteiger partial charge in [0.1, 0.15) is 30.5 Å². The Hall–Kier alpha value is -1.46. The van der Waals surface area contributed by atoms with Gasteiger partial charge >= 0.3 is 10.4 Å². The Balaban J connectivity index is 2.48. The molecule has 7 N–H and O–H groups in total. The molecule has 0 radical (unpaired) electrons. The standard InChI is InChI=1S/C53H101NO12S/c1-3-5-7-9-11-13-15-17-19-21-22-23-24-26-28-30-32-34-36-38-40-42-47(57)52(60)54-45(44-64-53-50(59)51(66-67(61,62)63)49(58)48(43-55)65-53)46(56)41-39-37-35-33-31-29-27-25-20-18-16-14-12-10-8-6-4-2/h31,33,39,41,45-51,53,55-59H,3-30,32,34-38,40,42-44H2,1-2H3,(H,54,60)(H,61,62,63)/b33-31+,41-39+. The van der Waals surface area contributed by atoms with E-state index >= 15 is 0 Å². The summed E-state index contributed by atoms with van der Waals surface area (Å²) in [4.78, 5) is 13.2. The molecule has 1 aliphatic heterocycles. The van der Waals surface area contributed by atoms with Crippen LogP contribution in [-0.2, 0) is 28.9 Å². The number of aliphatic hydroxyl groups excluding tert-OH is 5. The minimum Gasteiger partial charge on any atom is -0.394 e. The average Bonchev–Trinajstić information content (AvgIpc) is 3.30. The van der Waals surface area contributed by atoms with Crippen LogP contribution >= 0.6 is 0 Å². The van der Waals surface area contributed by atoms with Crippen LogP contribution in [-0.4, -0.2) is 107 Å². The van der Waals surface area contributed by atoms with Crippen molar-refractivity contribution in [3.63, 3.8) is 0 Å². The number of hydrogen-bond donors (Lipinski definition) is 7. The molecule has 0 aromatic heterocycles. The first-order valence-corrected chi connectivity index (χ1v) is 28.7. The molecule has 0 aliphatic carbocycles. The minimum absolute atomic E-state index is 0.241. The van der Waals surface area contributed by atoms with Crippen molar-refractivity contribution in [1.29, 1.82) is 0 Å². The highest BCUT2D eigenvalue weighted by atomic mass is 32.3. The SMILES string of the molecule is CCCCCCCCCCCCC/C=C/CC/C=C/C(O)C(COC1OC(CO)C(O)C(OS(=O)(=O)O)C1O)NC(=O)C(O)CCCCCCCCCCCCCCCCCCCCCCC. The summed E-state index contributed by atoms with van der Waals surface area (Å²) in [6, 6.07) is -1.13. The molecule has 0 aromatic carbocycles. The molecule has 8 unspecified atom stereocenters. The summed E-state index contributed by atoms with van der Waals surface area (Å²) >= 11 is 0. The molecule has 1 rings (SSSR count). The first-order valence-electron chi connectivity index (χ1n) is 27.3. The molecule has 14 heteroatoms. The number of rotatable bonds is 47. The molecule has 67 heavy (non-hydrogen) atoms. The summed E-state index contributed by atoms with van der Waals surface area (Å²) < 4.78 is 47.7. The molecule has 1 aliphatic rings. The van der Waals surface area contributed by atoms with E-state index in [2.05, 4.69) is 35.5 Å². The predicted octanol–water partition coefficient (Wildman–Crippen LogP) is 11.0. The van der Waals surface area contributed by atoms with E-state index in [1.54, 1.807) is 6.08 Å². The van der Waals surface area contributed by atoms with Gasteiger partial charge in [0.05, 0.1) is 25.4 Å². The predicted molar refractivity (Wildman–Crippen MR) is 270 cm³/mol. The van der Waals surface area contributed by atoms with Crippen LogP contribution in [0.4, 0.5) is 0 Å². The van der Waals surface area contributed by atoms with Crippen molar-refractivity contribution >= 4 is 16.3 Å². The summed E-state index contributed by atoms with van der Waals surface area (Å²) in [5.74, 6) is -0.707. The molecule has 1 fully saturated rings. The van der Waals surface area contributed by atoms with E-state index < -0.39 is 78.5 Å². The summed E-state index contributed by atoms with van der Waals surface area (Å²) in [5.41, 5.74) is 0. The number of aliphatic hydroxyl groups is 5. The van der Waals surface area contributed by atoms with Crippen molar-refractivity contribution in [3.05, 3.63) is 24.3 Å². The number of hydrogen-bond acceptors (Lipinski definition) is 11. The van der Waals surface area contributed by atoms with Crippen molar-refractivity contribution in [3.8, 4) is 0 Å². The van der Waals surface area contributed by atoms with Gasteiger partial charge in [-0.1, -0.05) is 237 Å². The molecule has 0 spiro atoms. The Labute approximate surface area is 408 Å². The zero-order valence-corrected chi connectivity index (χ0v) is 43.2. The van der Waals surface area contributed by atoms with Gasteiger partial charge in [-0.25, -0.2) is 4.18 Å². The Morgan fingerprint density at radius 2 is 1.00 bits per heavy atom. The van der Waals surface area contributed by atoms with Crippen molar-refractivity contribution in [2.75, 3.05) is 13.2 Å². The zero-order valence-electron chi connectivity index (χ0n) is 42.3. The number of carbonyl (C=O) groups is 1. The molecular weight excluding hydrogens is 875 g/mol. The van der Waals surface area contributed by atoms with Crippen LogP contribution in [0.5, 0.6) is 0 Å². The topological polar surface area (TPSA) is 212 Å². The second-order valence-electron chi connectivity index (χ2n) is 19.3. The molecule has 1 amide bonds. The number of allylic oxidation sites excluding steroid dienone is 3. The molecular formula is C53H101NO12S. The summed E-state index contributed by atoms with van der Waals surface area (Å²) in [5, 5.41) is 55.4. The van der Waals surface area contributed by atoms with E-state index in [4.69, 9.17) is 9.47 Å². The second-order valence-corrected chi connectivity index (χ2v) is 20.4. The minimum atomic E-state index is -5.12. The fraction of sp³-hybridized carbons (Fsp3) is 0.906. The lowest BCUT2D eigenvalue weighted by Gasteiger charge is -2.41. The largest absolute Gasteiger partial charge is 0.397 e. The Morgan fingerprint density at radius 1 is 0.597 bits per heavy atom. The number of nitrogens with one attached hydrogen (secondary N) is 1. The third kappa shape index (κ3) is 35.3. The first-order chi connectivity index (χ1) is 32.4. The van der Waals surface area contributed by atoms with Crippen molar-refractivity contribution in [2.45, 2.75) is 294 Å². The lowest BCUT2D eigenvalue weighted by Crippen LogP contribution is -2.61. The number of ether oxygens (including phenoxy) is 2. The van der Waals surface area contributed by atoms with Crippen molar-refractivity contribution in [2.24, 2.45) is 0 Å². The van der Waals surface area contributed by atoms with E-state index in [-0.39, 0.29) is 6.42 Å². The summed E-state index contributed by atoms with van der Waals surface area (Å²) in [7, 11) is -5.12. The Kier molecular flexibility index (Phi) is 41.1. The van der Waals surface area contributed by atoms with E-state index in [9.17, 15) is 43.3 Å². The van der Waals surface area contributed by atoms with E-state index in [0.29, 0.717) is 12.8 Å². The molecule has 396 valence electrons. The highest BCUT2D eigenvalue weighted by Crippen LogP contribution is 2.26. The van der Waals surface area contributed by atoms with Crippen molar-refractivity contribution < 1.29 is 57.0 Å². The smallest absolute Gasteiger partial charge is 0.394 e. The van der Waals surface area contributed by atoms with Gasteiger partial charge in [-0.2, -0.15) is 8.42 Å². The van der Waals surface area contributed by atoms with Gasteiger partial charge in [0.15, 0.2) is 6.29 Å². The van der Waals surface area contributed by atoms with Crippen LogP contribution in [0.25, 0.3) is 0 Å². The van der Waals surface area contributed by atoms with Crippen LogP contribution < -0.4 is 5.32 Å². The van der Waals surface area contributed by atoms with Crippen LogP contribution in [0, 0.1) is 0 Å². The Morgan fingerprint density at radius 3 is 1.43 bits per heavy atom. The fourth-order valence-electron chi connectivity index (χ4n) is 8.77. The number of amides is 1. The maximum atomic E-state index is 13.2. The first kappa shape index (κ1) is 63.6.